The number of nitrogens with zero attached hydrogens (tertiary/aromatic N) is 3. The third kappa shape index (κ3) is 2.69. The molecule has 3 nitrogen and oxygen atoms in total. The van der Waals surface area contributed by atoms with E-state index in [4.69, 9.17) is 0 Å². The SMILES string of the molecule is CC.Cc1nccc(N2CCCC2)n1. The lowest BCUT2D eigenvalue weighted by molar-refractivity contribution is 0.910. The zero-order valence-corrected chi connectivity index (χ0v) is 9.32. The van der Waals surface area contributed by atoms with E-state index in [0.717, 1.165) is 24.7 Å². The summed E-state index contributed by atoms with van der Waals surface area (Å²) in [5.41, 5.74) is 0. The summed E-state index contributed by atoms with van der Waals surface area (Å²) in [5, 5.41) is 0. The van der Waals surface area contributed by atoms with Gasteiger partial charge in [0, 0.05) is 19.3 Å². The van der Waals surface area contributed by atoms with Gasteiger partial charge in [0.15, 0.2) is 0 Å². The number of aromatic nitrogens is 2. The molecular weight excluding hydrogens is 174 g/mol. The quantitative estimate of drug-likeness (QED) is 0.686. The Morgan fingerprint density at radius 3 is 2.43 bits per heavy atom. The Bertz CT molecular complexity index is 267. The first-order valence-corrected chi connectivity index (χ1v) is 5.41. The van der Waals surface area contributed by atoms with Crippen molar-refractivity contribution in [1.29, 1.82) is 0 Å². The van der Waals surface area contributed by atoms with E-state index in [1.54, 1.807) is 0 Å². The summed E-state index contributed by atoms with van der Waals surface area (Å²) < 4.78 is 0. The highest BCUT2D eigenvalue weighted by Crippen LogP contribution is 2.16. The second-order valence-electron chi connectivity index (χ2n) is 3.16. The van der Waals surface area contributed by atoms with Crippen LogP contribution in [0.1, 0.15) is 32.5 Å². The first-order valence-electron chi connectivity index (χ1n) is 5.41. The van der Waals surface area contributed by atoms with Crippen molar-refractivity contribution in [3.63, 3.8) is 0 Å². The Balaban J connectivity index is 0.000000461. The van der Waals surface area contributed by atoms with Gasteiger partial charge >= 0.3 is 0 Å². The third-order valence-electron chi connectivity index (χ3n) is 2.19. The van der Waals surface area contributed by atoms with E-state index in [9.17, 15) is 0 Å². The average Bonchev–Trinajstić information content (AvgIpc) is 2.74. The molecule has 0 saturated carbocycles. The Labute approximate surface area is 86.2 Å². The molecule has 1 aromatic heterocycles. The number of hydrogen-bond acceptors (Lipinski definition) is 3. The predicted molar refractivity (Wildman–Crippen MR) is 59.6 cm³/mol. The summed E-state index contributed by atoms with van der Waals surface area (Å²) >= 11 is 0. The second kappa shape index (κ2) is 5.58. The maximum atomic E-state index is 4.37. The van der Waals surface area contributed by atoms with Crippen molar-refractivity contribution in [2.24, 2.45) is 0 Å². The highest BCUT2D eigenvalue weighted by molar-refractivity contribution is 5.38. The van der Waals surface area contributed by atoms with Gasteiger partial charge in [-0.15, -0.1) is 0 Å². The third-order valence-corrected chi connectivity index (χ3v) is 2.19. The number of hydrogen-bond donors (Lipinski definition) is 0. The lowest BCUT2D eigenvalue weighted by Gasteiger charge is -2.15. The molecular formula is C11H19N3. The number of anilines is 1. The van der Waals surface area contributed by atoms with Crippen LogP contribution in [0.15, 0.2) is 12.3 Å². The predicted octanol–water partition coefficient (Wildman–Crippen LogP) is 2.41. The summed E-state index contributed by atoms with van der Waals surface area (Å²) in [4.78, 5) is 10.8. The maximum Gasteiger partial charge on any atom is 0.132 e. The van der Waals surface area contributed by atoms with Crippen molar-refractivity contribution in [2.45, 2.75) is 33.6 Å². The average molecular weight is 193 g/mol. The smallest absolute Gasteiger partial charge is 0.132 e. The fourth-order valence-electron chi connectivity index (χ4n) is 1.57. The standard InChI is InChI=1S/C9H13N3.C2H6/c1-8-10-5-4-9(11-8)12-6-2-3-7-12;1-2/h4-5H,2-3,6-7H2,1H3;1-2H3. The summed E-state index contributed by atoms with van der Waals surface area (Å²) in [6, 6.07) is 1.98. The van der Waals surface area contributed by atoms with E-state index >= 15 is 0 Å². The molecule has 14 heavy (non-hydrogen) atoms. The molecule has 0 spiro atoms. The minimum Gasteiger partial charge on any atom is -0.357 e. The fourth-order valence-corrected chi connectivity index (χ4v) is 1.57. The van der Waals surface area contributed by atoms with Crippen molar-refractivity contribution >= 4 is 5.82 Å². The molecule has 1 aromatic rings. The molecule has 0 radical (unpaired) electrons. The van der Waals surface area contributed by atoms with E-state index in [0.29, 0.717) is 0 Å². The van der Waals surface area contributed by atoms with E-state index in [1.807, 2.05) is 33.0 Å². The minimum absolute atomic E-state index is 0.861. The van der Waals surface area contributed by atoms with Crippen molar-refractivity contribution in [2.75, 3.05) is 18.0 Å². The molecule has 2 rings (SSSR count). The van der Waals surface area contributed by atoms with Gasteiger partial charge in [0.25, 0.3) is 0 Å². The van der Waals surface area contributed by atoms with Crippen LogP contribution in [0.4, 0.5) is 5.82 Å². The van der Waals surface area contributed by atoms with E-state index in [-0.39, 0.29) is 0 Å². The zero-order valence-electron chi connectivity index (χ0n) is 9.32. The molecule has 0 aliphatic carbocycles. The Kier molecular flexibility index (Phi) is 4.36. The van der Waals surface area contributed by atoms with Crippen LogP contribution in [-0.2, 0) is 0 Å². The molecule has 1 aliphatic heterocycles. The molecule has 3 heteroatoms. The van der Waals surface area contributed by atoms with Crippen LogP contribution in [0.3, 0.4) is 0 Å². The van der Waals surface area contributed by atoms with Crippen LogP contribution in [0.2, 0.25) is 0 Å². The molecule has 0 aromatic carbocycles. The monoisotopic (exact) mass is 193 g/mol. The first kappa shape index (κ1) is 11.0. The molecule has 1 aliphatic rings. The van der Waals surface area contributed by atoms with Crippen LogP contribution in [0.5, 0.6) is 0 Å². The van der Waals surface area contributed by atoms with Crippen LogP contribution in [0.25, 0.3) is 0 Å². The van der Waals surface area contributed by atoms with Gasteiger partial charge < -0.3 is 4.90 Å². The topological polar surface area (TPSA) is 29.0 Å². The van der Waals surface area contributed by atoms with Crippen LogP contribution < -0.4 is 4.90 Å². The van der Waals surface area contributed by atoms with Gasteiger partial charge in [-0.25, -0.2) is 9.97 Å². The molecule has 0 amide bonds. The van der Waals surface area contributed by atoms with Gasteiger partial charge in [0.1, 0.15) is 11.6 Å². The summed E-state index contributed by atoms with van der Waals surface area (Å²) in [6.45, 7) is 8.23. The lowest BCUT2D eigenvalue weighted by Crippen LogP contribution is -2.19. The van der Waals surface area contributed by atoms with Crippen LogP contribution in [-0.4, -0.2) is 23.1 Å². The minimum atomic E-state index is 0.861. The van der Waals surface area contributed by atoms with Gasteiger partial charge in [0.2, 0.25) is 0 Å². The number of aryl methyl sites for hydroxylation is 1. The van der Waals surface area contributed by atoms with Gasteiger partial charge in [-0.1, -0.05) is 13.8 Å². The highest BCUT2D eigenvalue weighted by Gasteiger charge is 2.12. The summed E-state index contributed by atoms with van der Waals surface area (Å²) in [5.74, 6) is 1.94. The van der Waals surface area contributed by atoms with Gasteiger partial charge in [-0.05, 0) is 25.8 Å². The summed E-state index contributed by atoms with van der Waals surface area (Å²) in [6.07, 6.45) is 4.42. The second-order valence-corrected chi connectivity index (χ2v) is 3.16. The normalized spacial score (nSPS) is 14.9. The zero-order chi connectivity index (χ0) is 10.4. The van der Waals surface area contributed by atoms with Gasteiger partial charge in [-0.2, -0.15) is 0 Å². The van der Waals surface area contributed by atoms with Crippen molar-refractivity contribution in [3.05, 3.63) is 18.1 Å². The molecule has 78 valence electrons. The fraction of sp³-hybridized carbons (Fsp3) is 0.636. The highest BCUT2D eigenvalue weighted by atomic mass is 15.2. The first-order chi connectivity index (χ1) is 6.86. The summed E-state index contributed by atoms with van der Waals surface area (Å²) in [7, 11) is 0. The molecule has 0 bridgehead atoms. The van der Waals surface area contributed by atoms with Gasteiger partial charge in [0.05, 0.1) is 0 Å². The van der Waals surface area contributed by atoms with E-state index in [2.05, 4.69) is 14.9 Å². The van der Waals surface area contributed by atoms with Gasteiger partial charge in [-0.3, -0.25) is 0 Å². The van der Waals surface area contributed by atoms with E-state index < -0.39 is 0 Å². The van der Waals surface area contributed by atoms with Crippen LogP contribution in [0, 0.1) is 6.92 Å². The van der Waals surface area contributed by atoms with E-state index in [1.165, 1.54) is 12.8 Å². The number of rotatable bonds is 1. The Morgan fingerprint density at radius 1 is 1.21 bits per heavy atom. The molecule has 0 unspecified atom stereocenters. The molecule has 2 heterocycles. The molecule has 0 N–H and O–H groups in total. The Morgan fingerprint density at radius 2 is 1.86 bits per heavy atom. The van der Waals surface area contributed by atoms with Crippen molar-refractivity contribution < 1.29 is 0 Å². The van der Waals surface area contributed by atoms with Crippen LogP contribution >= 0.6 is 0 Å². The lowest BCUT2D eigenvalue weighted by atomic mass is 10.4. The molecule has 0 atom stereocenters. The van der Waals surface area contributed by atoms with Crippen molar-refractivity contribution in [1.82, 2.24) is 9.97 Å². The largest absolute Gasteiger partial charge is 0.357 e. The Hall–Kier alpha value is -1.12. The molecule has 1 saturated heterocycles. The maximum absolute atomic E-state index is 4.37. The molecule has 1 fully saturated rings. The van der Waals surface area contributed by atoms with Crippen molar-refractivity contribution in [3.8, 4) is 0 Å².